The second-order valence-corrected chi connectivity index (χ2v) is 5.98. The normalized spacial score (nSPS) is 24.0. The van der Waals surface area contributed by atoms with Gasteiger partial charge in [-0.05, 0) is 12.1 Å². The van der Waals surface area contributed by atoms with Crippen LogP contribution in [-0.4, -0.2) is 35.8 Å². The molecule has 3 rings (SSSR count). The van der Waals surface area contributed by atoms with Crippen molar-refractivity contribution in [2.45, 2.75) is 29.1 Å². The van der Waals surface area contributed by atoms with Crippen molar-refractivity contribution < 1.29 is 23.9 Å². The third-order valence-electron chi connectivity index (χ3n) is 3.22. The Morgan fingerprint density at radius 3 is 2.95 bits per heavy atom. The first-order valence-electron chi connectivity index (χ1n) is 6.56. The lowest BCUT2D eigenvalue weighted by atomic mass is 10.2. The quantitative estimate of drug-likeness (QED) is 0.849. The minimum Gasteiger partial charge on any atom is -0.463 e. The van der Waals surface area contributed by atoms with E-state index >= 15 is 0 Å². The van der Waals surface area contributed by atoms with E-state index in [2.05, 4.69) is 5.32 Å². The molecule has 110 valence electrons. The molecule has 0 aromatic heterocycles. The van der Waals surface area contributed by atoms with Gasteiger partial charge in [-0.3, -0.25) is 9.59 Å². The van der Waals surface area contributed by atoms with Crippen LogP contribution < -0.4 is 5.32 Å². The first-order chi connectivity index (χ1) is 10.1. The molecule has 0 spiro atoms. The molecular weight excluding hydrogens is 294 g/mol. The Kier molecular flexibility index (Phi) is 3.83. The first-order valence-corrected chi connectivity index (χ1v) is 7.44. The Bertz CT molecular complexity index is 603. The molecule has 1 fully saturated rings. The van der Waals surface area contributed by atoms with Gasteiger partial charge in [0.15, 0.2) is 0 Å². The van der Waals surface area contributed by atoms with Gasteiger partial charge >= 0.3 is 11.9 Å². The van der Waals surface area contributed by atoms with E-state index < -0.39 is 23.3 Å². The number of amides is 1. The predicted molar refractivity (Wildman–Crippen MR) is 74.8 cm³/mol. The molecule has 2 heterocycles. The molecule has 2 aliphatic heterocycles. The number of carbonyl (C=O) groups excluding carboxylic acids is 3. The second-order valence-electron chi connectivity index (χ2n) is 4.73. The first kappa shape index (κ1) is 13.9. The molecule has 1 aromatic rings. The lowest BCUT2D eigenvalue weighted by molar-refractivity contribution is -0.160. The van der Waals surface area contributed by atoms with E-state index in [-0.39, 0.29) is 18.9 Å². The number of hydrogen-bond donors (Lipinski definition) is 1. The minimum absolute atomic E-state index is 0.0748. The zero-order valence-electron chi connectivity index (χ0n) is 11.0. The van der Waals surface area contributed by atoms with Gasteiger partial charge in [0.05, 0.1) is 24.0 Å². The lowest BCUT2D eigenvalue weighted by Gasteiger charge is -2.23. The molecule has 0 bridgehead atoms. The van der Waals surface area contributed by atoms with Crippen LogP contribution in [0.4, 0.5) is 5.69 Å². The molecule has 2 aliphatic rings. The number of ether oxygens (including phenoxy) is 2. The SMILES string of the molecule is O=C(C[C@@H]1Sc2ccccc2NC1=O)O[C@H]1CCOC1=O. The van der Waals surface area contributed by atoms with Crippen molar-refractivity contribution in [1.82, 2.24) is 0 Å². The molecule has 1 saturated heterocycles. The summed E-state index contributed by atoms with van der Waals surface area (Å²) in [4.78, 5) is 36.0. The summed E-state index contributed by atoms with van der Waals surface area (Å²) in [6, 6.07) is 7.39. The molecule has 2 atom stereocenters. The van der Waals surface area contributed by atoms with Crippen LogP contribution in [0.15, 0.2) is 29.2 Å². The highest BCUT2D eigenvalue weighted by molar-refractivity contribution is 8.01. The second kappa shape index (κ2) is 5.77. The van der Waals surface area contributed by atoms with E-state index in [0.29, 0.717) is 6.42 Å². The van der Waals surface area contributed by atoms with Crippen LogP contribution in [0, 0.1) is 0 Å². The van der Waals surface area contributed by atoms with Gasteiger partial charge in [-0.15, -0.1) is 11.8 Å². The monoisotopic (exact) mass is 307 g/mol. The fourth-order valence-electron chi connectivity index (χ4n) is 2.17. The molecule has 1 amide bonds. The summed E-state index contributed by atoms with van der Waals surface area (Å²) in [5, 5.41) is 2.21. The molecule has 0 saturated carbocycles. The number of hydrogen-bond acceptors (Lipinski definition) is 6. The Hall–Kier alpha value is -2.02. The number of cyclic esters (lactones) is 1. The maximum atomic E-state index is 12.0. The van der Waals surface area contributed by atoms with Crippen LogP contribution in [0.2, 0.25) is 0 Å². The van der Waals surface area contributed by atoms with Crippen LogP contribution in [0.25, 0.3) is 0 Å². The van der Waals surface area contributed by atoms with Gasteiger partial charge in [-0.2, -0.15) is 0 Å². The van der Waals surface area contributed by atoms with E-state index in [1.165, 1.54) is 11.8 Å². The van der Waals surface area contributed by atoms with Gasteiger partial charge in [0, 0.05) is 11.3 Å². The number of anilines is 1. The van der Waals surface area contributed by atoms with Crippen molar-refractivity contribution in [2.75, 3.05) is 11.9 Å². The van der Waals surface area contributed by atoms with E-state index in [1.54, 1.807) is 0 Å². The maximum absolute atomic E-state index is 12.0. The average molecular weight is 307 g/mol. The Labute approximate surface area is 125 Å². The zero-order chi connectivity index (χ0) is 14.8. The molecule has 6 nitrogen and oxygen atoms in total. The minimum atomic E-state index is -0.832. The van der Waals surface area contributed by atoms with Crippen molar-refractivity contribution in [2.24, 2.45) is 0 Å². The Morgan fingerprint density at radius 1 is 1.38 bits per heavy atom. The van der Waals surface area contributed by atoms with Crippen molar-refractivity contribution in [1.29, 1.82) is 0 Å². The van der Waals surface area contributed by atoms with Crippen LogP contribution in [0.5, 0.6) is 0 Å². The largest absolute Gasteiger partial charge is 0.463 e. The van der Waals surface area contributed by atoms with Crippen LogP contribution in [-0.2, 0) is 23.9 Å². The third kappa shape index (κ3) is 3.02. The Balaban J connectivity index is 1.61. The smallest absolute Gasteiger partial charge is 0.347 e. The van der Waals surface area contributed by atoms with Gasteiger partial charge in [0.2, 0.25) is 12.0 Å². The third-order valence-corrected chi connectivity index (χ3v) is 4.49. The topological polar surface area (TPSA) is 81.7 Å². The van der Waals surface area contributed by atoms with E-state index in [1.807, 2.05) is 24.3 Å². The van der Waals surface area contributed by atoms with Gasteiger partial charge < -0.3 is 14.8 Å². The lowest BCUT2D eigenvalue weighted by Crippen LogP contribution is -2.33. The summed E-state index contributed by atoms with van der Waals surface area (Å²) in [7, 11) is 0. The van der Waals surface area contributed by atoms with E-state index in [0.717, 1.165) is 10.6 Å². The number of benzene rings is 1. The summed E-state index contributed by atoms with van der Waals surface area (Å²) < 4.78 is 9.78. The summed E-state index contributed by atoms with van der Waals surface area (Å²) in [6.07, 6.45) is -0.534. The highest BCUT2D eigenvalue weighted by Gasteiger charge is 2.33. The van der Waals surface area contributed by atoms with E-state index in [4.69, 9.17) is 9.47 Å². The molecule has 0 unspecified atom stereocenters. The summed E-state index contributed by atoms with van der Waals surface area (Å²) >= 11 is 1.32. The van der Waals surface area contributed by atoms with Crippen LogP contribution >= 0.6 is 11.8 Å². The van der Waals surface area contributed by atoms with Crippen LogP contribution in [0.1, 0.15) is 12.8 Å². The molecule has 0 radical (unpaired) electrons. The summed E-state index contributed by atoms with van der Waals surface area (Å²) in [5.74, 6) is -1.31. The number of nitrogens with one attached hydrogen (secondary N) is 1. The molecule has 1 N–H and O–H groups in total. The average Bonchev–Trinajstić information content (AvgIpc) is 2.85. The van der Waals surface area contributed by atoms with Gasteiger partial charge in [-0.25, -0.2) is 4.79 Å². The molecule has 7 heteroatoms. The fourth-order valence-corrected chi connectivity index (χ4v) is 3.26. The summed E-state index contributed by atoms with van der Waals surface area (Å²) in [5.41, 5.74) is 0.747. The number of fused-ring (bicyclic) bond motifs is 1. The molecule has 21 heavy (non-hydrogen) atoms. The standard InChI is InChI=1S/C14H13NO5S/c16-12(20-9-5-6-19-14(9)18)7-11-13(17)15-8-3-1-2-4-10(8)21-11/h1-4,9,11H,5-7H2,(H,15,17)/t9-,11-/m0/s1. The number of rotatable bonds is 3. The number of carbonyl (C=O) groups is 3. The predicted octanol–water partition coefficient (Wildman–Crippen LogP) is 1.35. The number of thioether (sulfide) groups is 1. The molecular formula is C14H13NO5S. The van der Waals surface area contributed by atoms with Crippen LogP contribution in [0.3, 0.4) is 0 Å². The van der Waals surface area contributed by atoms with Gasteiger partial charge in [0.25, 0.3) is 0 Å². The van der Waals surface area contributed by atoms with Crippen molar-refractivity contribution in [3.63, 3.8) is 0 Å². The summed E-state index contributed by atoms with van der Waals surface area (Å²) in [6.45, 7) is 0.267. The highest BCUT2D eigenvalue weighted by Crippen LogP contribution is 2.36. The molecule has 0 aliphatic carbocycles. The van der Waals surface area contributed by atoms with Crippen molar-refractivity contribution in [3.8, 4) is 0 Å². The number of para-hydroxylation sites is 1. The number of esters is 2. The van der Waals surface area contributed by atoms with Gasteiger partial charge in [-0.1, -0.05) is 12.1 Å². The van der Waals surface area contributed by atoms with Gasteiger partial charge in [0.1, 0.15) is 0 Å². The Morgan fingerprint density at radius 2 is 2.19 bits per heavy atom. The zero-order valence-corrected chi connectivity index (χ0v) is 11.9. The maximum Gasteiger partial charge on any atom is 0.347 e. The highest BCUT2D eigenvalue weighted by atomic mass is 32.2. The fraction of sp³-hybridized carbons (Fsp3) is 0.357. The van der Waals surface area contributed by atoms with E-state index in [9.17, 15) is 14.4 Å². The molecule has 1 aromatic carbocycles. The van der Waals surface area contributed by atoms with Crippen molar-refractivity contribution >= 4 is 35.3 Å². The van der Waals surface area contributed by atoms with Crippen molar-refractivity contribution in [3.05, 3.63) is 24.3 Å².